The molecule has 2 aromatic rings. The number of amides is 1. The number of esters is 1. The Balaban J connectivity index is 2.18. The number of ether oxygens (including phenoxy) is 1. The van der Waals surface area contributed by atoms with Gasteiger partial charge in [-0.2, -0.15) is 0 Å². The summed E-state index contributed by atoms with van der Waals surface area (Å²) in [6, 6.07) is 7.94. The molecule has 1 aromatic carbocycles. The van der Waals surface area contributed by atoms with Gasteiger partial charge >= 0.3 is 209 Å². The Morgan fingerprint density at radius 2 is 2.03 bits per heavy atom. The topological polar surface area (TPSA) is 81.5 Å². The Kier molecular flexibility index (Phi) is 8.81. The first-order valence-electron chi connectivity index (χ1n) is 12.5. The van der Waals surface area contributed by atoms with Crippen LogP contribution in [0.5, 0.6) is 0 Å². The number of aromatic nitrogens is 2. The van der Waals surface area contributed by atoms with E-state index in [0.29, 0.717) is 36.9 Å². The van der Waals surface area contributed by atoms with Crippen LogP contribution in [-0.2, 0) is 20.9 Å². The molecule has 7 nitrogen and oxygen atoms in total. The SMILES string of the molecule is C=Bc1cccc(Cn2c(C(CCC)CC(=O)OCC)nc3c2C(=O)CC(C(C)C)C(=O)N3C)c1. The molecule has 8 heteroatoms. The zero-order chi connectivity index (χ0) is 25.7. The summed E-state index contributed by atoms with van der Waals surface area (Å²) in [6.07, 6.45) is 1.86. The maximum atomic E-state index is 13.6. The zero-order valence-corrected chi connectivity index (χ0v) is 21.5. The molecule has 1 aliphatic rings. The third-order valence-electron chi connectivity index (χ3n) is 6.67. The number of nitrogens with zero attached hydrogens (tertiary/aromatic N) is 3. The molecule has 2 atom stereocenters. The van der Waals surface area contributed by atoms with Gasteiger partial charge in [0.25, 0.3) is 0 Å². The summed E-state index contributed by atoms with van der Waals surface area (Å²) in [7, 11) is 1.69. The molecule has 3 rings (SSSR count). The van der Waals surface area contributed by atoms with E-state index in [-0.39, 0.29) is 42.3 Å². The van der Waals surface area contributed by atoms with Crippen LogP contribution in [0, 0.1) is 11.8 Å². The summed E-state index contributed by atoms with van der Waals surface area (Å²) in [5.74, 6) is -0.0603. The molecule has 0 saturated heterocycles. The van der Waals surface area contributed by atoms with E-state index in [1.807, 2.05) is 42.7 Å². The Bertz CT molecular complexity index is 1110. The number of imidazole rings is 1. The van der Waals surface area contributed by atoms with E-state index in [1.54, 1.807) is 20.9 Å². The molecule has 1 aromatic heterocycles. The van der Waals surface area contributed by atoms with Gasteiger partial charge in [-0.3, -0.25) is 0 Å². The summed E-state index contributed by atoms with van der Waals surface area (Å²) < 4.78 is 7.15. The van der Waals surface area contributed by atoms with Crippen LogP contribution >= 0.6 is 0 Å². The number of Topliss-reactive ketones (excluding diaryl/α,β-unsaturated/α-hetero) is 1. The van der Waals surface area contributed by atoms with Gasteiger partial charge in [-0.15, -0.1) is 0 Å². The van der Waals surface area contributed by atoms with Crippen LogP contribution < -0.4 is 10.4 Å². The van der Waals surface area contributed by atoms with Crippen molar-refractivity contribution in [2.45, 2.75) is 65.8 Å². The monoisotopic (exact) mass is 477 g/mol. The number of hydrogen-bond donors (Lipinski definition) is 0. The Hall–Kier alpha value is -3.03. The molecule has 0 radical (unpaired) electrons. The van der Waals surface area contributed by atoms with Crippen LogP contribution in [0.3, 0.4) is 0 Å². The summed E-state index contributed by atoms with van der Waals surface area (Å²) in [5.41, 5.74) is 2.40. The maximum absolute atomic E-state index is 13.6. The van der Waals surface area contributed by atoms with Crippen molar-refractivity contribution < 1.29 is 19.1 Å². The fourth-order valence-electron chi connectivity index (χ4n) is 4.79. The van der Waals surface area contributed by atoms with Crippen LogP contribution in [0.15, 0.2) is 24.3 Å². The van der Waals surface area contributed by atoms with E-state index in [2.05, 4.69) is 13.4 Å². The van der Waals surface area contributed by atoms with Gasteiger partial charge in [-0.1, -0.05) is 0 Å². The molecule has 1 amide bonds. The van der Waals surface area contributed by atoms with E-state index in [4.69, 9.17) is 9.72 Å². The first-order chi connectivity index (χ1) is 16.7. The van der Waals surface area contributed by atoms with Crippen LogP contribution in [0.2, 0.25) is 0 Å². The second kappa shape index (κ2) is 11.6. The number of carbonyl (C=O) groups excluding carboxylic acids is 3. The van der Waals surface area contributed by atoms with Gasteiger partial charge in [0.05, 0.1) is 0 Å². The first-order valence-corrected chi connectivity index (χ1v) is 12.5. The molecular formula is C27H36BN3O4. The molecule has 2 unspecified atom stereocenters. The van der Waals surface area contributed by atoms with Gasteiger partial charge < -0.3 is 0 Å². The van der Waals surface area contributed by atoms with Crippen molar-refractivity contribution in [3.8, 4) is 0 Å². The molecule has 0 fully saturated rings. The molecule has 0 bridgehead atoms. The average Bonchev–Trinajstić information content (AvgIpc) is 3.16. The van der Waals surface area contributed by atoms with E-state index < -0.39 is 5.92 Å². The number of benzene rings is 1. The van der Waals surface area contributed by atoms with Crippen LogP contribution in [0.4, 0.5) is 5.82 Å². The van der Waals surface area contributed by atoms with Crippen LogP contribution in [0.1, 0.15) is 81.2 Å². The number of rotatable bonds is 10. The minimum atomic E-state index is -0.395. The molecule has 0 aliphatic carbocycles. The Morgan fingerprint density at radius 1 is 1.29 bits per heavy atom. The summed E-state index contributed by atoms with van der Waals surface area (Å²) in [5, 5.41) is 0. The van der Waals surface area contributed by atoms with Crippen molar-refractivity contribution in [2.24, 2.45) is 11.8 Å². The number of ketones is 1. The standard InChI is InChI=1S/C27H36BN3O4/c1-7-10-19(14-23(33)35-8-2)25-29-26-24(22(32)15-21(17(3)4)27(34)30(26)6)31(25)16-18-11-9-12-20(13-18)28-5/h9,11-13,17,19,21H,5,7-8,10,14-16H2,1-4,6H3. The van der Waals surface area contributed by atoms with Gasteiger partial charge in [-0.25, -0.2) is 0 Å². The van der Waals surface area contributed by atoms with Crippen molar-refractivity contribution in [3.63, 3.8) is 0 Å². The first kappa shape index (κ1) is 26.6. The zero-order valence-electron chi connectivity index (χ0n) is 21.5. The summed E-state index contributed by atoms with van der Waals surface area (Å²) >= 11 is 0. The van der Waals surface area contributed by atoms with E-state index >= 15 is 0 Å². The summed E-state index contributed by atoms with van der Waals surface area (Å²) in [4.78, 5) is 45.7. The van der Waals surface area contributed by atoms with Crippen molar-refractivity contribution in [3.05, 3.63) is 41.3 Å². The molecule has 0 spiro atoms. The van der Waals surface area contributed by atoms with E-state index in [9.17, 15) is 14.4 Å². The fraction of sp³-hybridized carbons (Fsp3) is 0.519. The molecule has 0 saturated carbocycles. The third kappa shape index (κ3) is 5.80. The number of carbonyl (C=O) groups is 3. The molecule has 1 aliphatic heterocycles. The predicted octanol–water partition coefficient (Wildman–Crippen LogP) is 3.35. The number of hydrogen-bond acceptors (Lipinski definition) is 5. The van der Waals surface area contributed by atoms with Gasteiger partial charge in [0.2, 0.25) is 0 Å². The normalized spacial score (nSPS) is 16.6. The minimum absolute atomic E-state index is 0.0340. The molecule has 0 N–H and O–H groups in total. The molecule has 186 valence electrons. The average molecular weight is 477 g/mol. The van der Waals surface area contributed by atoms with Gasteiger partial charge in [-0.05, 0) is 0 Å². The van der Waals surface area contributed by atoms with E-state index in [0.717, 1.165) is 17.4 Å². The molecule has 35 heavy (non-hydrogen) atoms. The molecular weight excluding hydrogens is 441 g/mol. The van der Waals surface area contributed by atoms with E-state index in [1.165, 1.54) is 4.90 Å². The number of fused-ring (bicyclic) bond motifs is 1. The van der Waals surface area contributed by atoms with Crippen LogP contribution in [-0.4, -0.2) is 54.3 Å². The quantitative estimate of drug-likeness (QED) is 0.387. The Morgan fingerprint density at radius 3 is 2.66 bits per heavy atom. The Labute approximate surface area is 208 Å². The van der Waals surface area contributed by atoms with Gasteiger partial charge in [0, 0.05) is 0 Å². The molecule has 2 heterocycles. The van der Waals surface area contributed by atoms with Crippen LogP contribution in [0.25, 0.3) is 0 Å². The van der Waals surface area contributed by atoms with Crippen molar-refractivity contribution in [1.82, 2.24) is 9.55 Å². The third-order valence-corrected chi connectivity index (χ3v) is 6.67. The van der Waals surface area contributed by atoms with Crippen molar-refractivity contribution in [1.29, 1.82) is 0 Å². The van der Waals surface area contributed by atoms with Crippen molar-refractivity contribution >= 4 is 42.3 Å². The second-order valence-electron chi connectivity index (χ2n) is 9.55. The number of anilines is 1. The van der Waals surface area contributed by atoms with Gasteiger partial charge in [0.15, 0.2) is 0 Å². The van der Waals surface area contributed by atoms with Gasteiger partial charge in [0.1, 0.15) is 0 Å². The summed E-state index contributed by atoms with van der Waals surface area (Å²) in [6.45, 7) is 14.1. The fourth-order valence-corrected chi connectivity index (χ4v) is 4.79. The second-order valence-corrected chi connectivity index (χ2v) is 9.55. The van der Waals surface area contributed by atoms with Crippen molar-refractivity contribution in [2.75, 3.05) is 18.6 Å². The predicted molar refractivity (Wildman–Crippen MR) is 140 cm³/mol.